The fourth-order valence-electron chi connectivity index (χ4n) is 2.34. The van der Waals surface area contributed by atoms with Crippen LogP contribution in [0.4, 0.5) is 4.39 Å². The van der Waals surface area contributed by atoms with Gasteiger partial charge in [-0.25, -0.2) is 9.37 Å². The number of hydrogen-bond acceptors (Lipinski definition) is 3. The number of imidazole rings is 1. The molecule has 0 saturated heterocycles. The van der Waals surface area contributed by atoms with Crippen LogP contribution in [0.15, 0.2) is 24.5 Å². The molecule has 3 rings (SSSR count). The van der Waals surface area contributed by atoms with Crippen LogP contribution in [0.25, 0.3) is 0 Å². The fraction of sp³-hybridized carbons (Fsp3) is 0.308. The van der Waals surface area contributed by atoms with Gasteiger partial charge in [0.2, 0.25) is 0 Å². The van der Waals surface area contributed by atoms with Crippen LogP contribution >= 0.6 is 0 Å². The Kier molecular flexibility index (Phi) is 2.76. The number of aromatic nitrogens is 2. The number of H-pyrrole nitrogens is 1. The van der Waals surface area contributed by atoms with Crippen molar-refractivity contribution in [3.8, 4) is 5.75 Å². The monoisotopic (exact) mass is 247 g/mol. The van der Waals surface area contributed by atoms with E-state index < -0.39 is 0 Å². The Morgan fingerprint density at radius 3 is 3.11 bits per heavy atom. The van der Waals surface area contributed by atoms with Crippen LogP contribution in [0.3, 0.4) is 0 Å². The van der Waals surface area contributed by atoms with E-state index in [4.69, 9.17) is 4.74 Å². The van der Waals surface area contributed by atoms with E-state index in [2.05, 4.69) is 15.3 Å². The summed E-state index contributed by atoms with van der Waals surface area (Å²) < 4.78 is 19.1. The molecule has 2 N–H and O–H groups in total. The molecule has 4 nitrogen and oxygen atoms in total. The number of ether oxygens (including phenoxy) is 1. The van der Waals surface area contributed by atoms with Gasteiger partial charge in [-0.2, -0.15) is 0 Å². The highest BCUT2D eigenvalue weighted by Crippen LogP contribution is 2.29. The van der Waals surface area contributed by atoms with E-state index in [0.717, 1.165) is 24.4 Å². The Hall–Kier alpha value is -1.88. The third-order valence-electron chi connectivity index (χ3n) is 3.27. The van der Waals surface area contributed by atoms with Gasteiger partial charge in [0.05, 0.1) is 25.2 Å². The summed E-state index contributed by atoms with van der Waals surface area (Å²) in [5.74, 6) is 0.247. The first-order valence-corrected chi connectivity index (χ1v) is 5.88. The van der Waals surface area contributed by atoms with Crippen LogP contribution in [0.1, 0.15) is 23.0 Å². The van der Waals surface area contributed by atoms with Gasteiger partial charge in [0.1, 0.15) is 11.6 Å². The first-order chi connectivity index (χ1) is 8.79. The van der Waals surface area contributed by atoms with Crippen molar-refractivity contribution in [1.82, 2.24) is 15.3 Å². The second-order valence-corrected chi connectivity index (χ2v) is 4.29. The van der Waals surface area contributed by atoms with Gasteiger partial charge < -0.3 is 15.0 Å². The number of hydrogen-bond donors (Lipinski definition) is 2. The summed E-state index contributed by atoms with van der Waals surface area (Å²) in [6, 6.07) is 4.72. The number of fused-ring (bicyclic) bond motifs is 1. The van der Waals surface area contributed by atoms with Crippen LogP contribution in [0.2, 0.25) is 0 Å². The zero-order valence-corrected chi connectivity index (χ0v) is 10.0. The summed E-state index contributed by atoms with van der Waals surface area (Å²) >= 11 is 0. The van der Waals surface area contributed by atoms with Crippen molar-refractivity contribution < 1.29 is 9.13 Å². The molecule has 1 aromatic carbocycles. The molecule has 0 spiro atoms. The summed E-state index contributed by atoms with van der Waals surface area (Å²) in [5.41, 5.74) is 2.56. The average molecular weight is 247 g/mol. The van der Waals surface area contributed by atoms with Crippen molar-refractivity contribution in [3.63, 3.8) is 0 Å². The average Bonchev–Trinajstić information content (AvgIpc) is 2.87. The number of methoxy groups -OCH3 is 1. The summed E-state index contributed by atoms with van der Waals surface area (Å²) in [4.78, 5) is 7.38. The molecule has 18 heavy (non-hydrogen) atoms. The van der Waals surface area contributed by atoms with Crippen LogP contribution in [0.5, 0.6) is 5.75 Å². The van der Waals surface area contributed by atoms with E-state index in [0.29, 0.717) is 11.3 Å². The summed E-state index contributed by atoms with van der Waals surface area (Å²) in [6.07, 6.45) is 2.55. The zero-order chi connectivity index (χ0) is 12.5. The molecule has 1 aliphatic rings. The Morgan fingerprint density at radius 1 is 1.44 bits per heavy atom. The number of halogens is 1. The van der Waals surface area contributed by atoms with Crippen LogP contribution in [0, 0.1) is 5.82 Å². The third-order valence-corrected chi connectivity index (χ3v) is 3.27. The van der Waals surface area contributed by atoms with Gasteiger partial charge in [-0.05, 0) is 6.07 Å². The SMILES string of the molecule is COc1ccc(C2NCCc3[nH]cnc32)c(F)c1. The van der Waals surface area contributed by atoms with Crippen molar-refractivity contribution in [2.75, 3.05) is 13.7 Å². The Labute approximate surface area is 104 Å². The van der Waals surface area contributed by atoms with Gasteiger partial charge in [0.15, 0.2) is 0 Å². The molecular formula is C13H14FN3O. The molecule has 94 valence electrons. The maximum atomic E-state index is 14.1. The van der Waals surface area contributed by atoms with Gasteiger partial charge in [0, 0.05) is 30.3 Å². The van der Waals surface area contributed by atoms with Crippen molar-refractivity contribution in [2.24, 2.45) is 0 Å². The van der Waals surface area contributed by atoms with E-state index >= 15 is 0 Å². The van der Waals surface area contributed by atoms with E-state index in [9.17, 15) is 4.39 Å². The number of nitrogens with one attached hydrogen (secondary N) is 2. The minimum Gasteiger partial charge on any atom is -0.497 e. The van der Waals surface area contributed by atoms with Crippen molar-refractivity contribution in [3.05, 3.63) is 47.3 Å². The molecule has 2 heterocycles. The second kappa shape index (κ2) is 4.42. The van der Waals surface area contributed by atoms with Gasteiger partial charge >= 0.3 is 0 Å². The van der Waals surface area contributed by atoms with E-state index in [1.807, 2.05) is 0 Å². The lowest BCUT2D eigenvalue weighted by Crippen LogP contribution is -2.31. The minimum atomic E-state index is -0.275. The molecule has 0 aliphatic carbocycles. The smallest absolute Gasteiger partial charge is 0.132 e. The summed E-state index contributed by atoms with van der Waals surface area (Å²) in [6.45, 7) is 0.811. The van der Waals surface area contributed by atoms with E-state index in [1.54, 1.807) is 18.5 Å². The normalized spacial score (nSPS) is 18.4. The number of benzene rings is 1. The largest absolute Gasteiger partial charge is 0.497 e. The van der Waals surface area contributed by atoms with Crippen LogP contribution in [-0.2, 0) is 6.42 Å². The fourth-order valence-corrected chi connectivity index (χ4v) is 2.34. The number of aromatic amines is 1. The molecule has 1 atom stereocenters. The maximum absolute atomic E-state index is 14.1. The van der Waals surface area contributed by atoms with Gasteiger partial charge in [-0.3, -0.25) is 0 Å². The molecule has 5 heteroatoms. The molecule has 0 fully saturated rings. The van der Waals surface area contributed by atoms with Crippen LogP contribution in [-0.4, -0.2) is 23.6 Å². The molecule has 0 radical (unpaired) electrons. The highest BCUT2D eigenvalue weighted by molar-refractivity contribution is 5.37. The molecule has 1 unspecified atom stereocenters. The van der Waals surface area contributed by atoms with Gasteiger partial charge in [-0.1, -0.05) is 6.07 Å². The van der Waals surface area contributed by atoms with Gasteiger partial charge in [0.25, 0.3) is 0 Å². The molecule has 1 aromatic heterocycles. The lowest BCUT2D eigenvalue weighted by atomic mass is 9.97. The third kappa shape index (κ3) is 1.76. The Morgan fingerprint density at radius 2 is 2.33 bits per heavy atom. The number of rotatable bonds is 2. The standard InChI is InChI=1S/C13H14FN3O/c1-18-8-2-3-9(10(14)6-8)12-13-11(4-5-15-12)16-7-17-13/h2-3,6-7,12,15H,4-5H2,1H3,(H,16,17). The Bertz CT molecular complexity index is 567. The van der Waals surface area contributed by atoms with E-state index in [-0.39, 0.29) is 11.9 Å². The highest BCUT2D eigenvalue weighted by Gasteiger charge is 2.25. The van der Waals surface area contributed by atoms with E-state index in [1.165, 1.54) is 13.2 Å². The quantitative estimate of drug-likeness (QED) is 0.850. The highest BCUT2D eigenvalue weighted by atomic mass is 19.1. The first kappa shape index (κ1) is 11.2. The van der Waals surface area contributed by atoms with Crippen molar-refractivity contribution >= 4 is 0 Å². The lowest BCUT2D eigenvalue weighted by molar-refractivity contribution is 0.409. The lowest BCUT2D eigenvalue weighted by Gasteiger charge is -2.23. The zero-order valence-electron chi connectivity index (χ0n) is 10.0. The van der Waals surface area contributed by atoms with Crippen molar-refractivity contribution in [2.45, 2.75) is 12.5 Å². The second-order valence-electron chi connectivity index (χ2n) is 4.29. The minimum absolute atomic E-state index is 0.189. The van der Waals surface area contributed by atoms with Crippen molar-refractivity contribution in [1.29, 1.82) is 0 Å². The molecule has 0 amide bonds. The predicted molar refractivity (Wildman–Crippen MR) is 65.1 cm³/mol. The maximum Gasteiger partial charge on any atom is 0.132 e. The van der Waals surface area contributed by atoms with Gasteiger partial charge in [-0.15, -0.1) is 0 Å². The number of nitrogens with zero attached hydrogens (tertiary/aromatic N) is 1. The summed E-state index contributed by atoms with van der Waals surface area (Å²) in [5, 5.41) is 3.29. The topological polar surface area (TPSA) is 49.9 Å². The summed E-state index contributed by atoms with van der Waals surface area (Å²) in [7, 11) is 1.53. The molecular weight excluding hydrogens is 233 g/mol. The predicted octanol–water partition coefficient (Wildman–Crippen LogP) is 1.79. The Balaban J connectivity index is 2.02. The molecule has 0 saturated carbocycles. The van der Waals surface area contributed by atoms with Crippen LogP contribution < -0.4 is 10.1 Å². The molecule has 1 aliphatic heterocycles. The first-order valence-electron chi connectivity index (χ1n) is 5.88. The molecule has 2 aromatic rings. The molecule has 0 bridgehead atoms.